The third-order valence-corrected chi connectivity index (χ3v) is 7.95. The van der Waals surface area contributed by atoms with Crippen LogP contribution in [0.15, 0.2) is 85.1 Å². The number of hydrogen-bond donors (Lipinski definition) is 0. The molecule has 164 valence electrons. The van der Waals surface area contributed by atoms with Crippen molar-refractivity contribution in [2.75, 3.05) is 0 Å². The SMILES string of the molecule is CCCCCCC1(C)c2ccccc2-c2ccc(-c3ccc4c(c3)C[n+]3ccccc3-4)cc21. The van der Waals surface area contributed by atoms with Gasteiger partial charge in [0.25, 0.3) is 0 Å². The van der Waals surface area contributed by atoms with Crippen molar-refractivity contribution in [3.05, 3.63) is 102 Å². The Morgan fingerprint density at radius 2 is 1.48 bits per heavy atom. The van der Waals surface area contributed by atoms with E-state index in [2.05, 4.69) is 103 Å². The van der Waals surface area contributed by atoms with Gasteiger partial charge < -0.3 is 0 Å². The molecule has 6 rings (SSSR count). The number of nitrogens with zero attached hydrogens (tertiary/aromatic N) is 1. The van der Waals surface area contributed by atoms with Gasteiger partial charge in [0.1, 0.15) is 0 Å². The van der Waals surface area contributed by atoms with Crippen LogP contribution < -0.4 is 4.57 Å². The number of unbranched alkanes of at least 4 members (excludes halogenated alkanes) is 3. The number of pyridine rings is 1. The Bertz CT molecular complexity index is 1350. The minimum Gasteiger partial charge on any atom is -0.194 e. The maximum atomic E-state index is 2.49. The van der Waals surface area contributed by atoms with Crippen molar-refractivity contribution in [1.82, 2.24) is 0 Å². The Morgan fingerprint density at radius 1 is 0.727 bits per heavy atom. The molecule has 0 saturated carbocycles. The first-order valence-electron chi connectivity index (χ1n) is 12.6. The summed E-state index contributed by atoms with van der Waals surface area (Å²) in [6, 6.07) is 29.8. The van der Waals surface area contributed by atoms with Crippen molar-refractivity contribution < 1.29 is 4.57 Å². The summed E-state index contributed by atoms with van der Waals surface area (Å²) in [6.07, 6.45) is 8.64. The zero-order chi connectivity index (χ0) is 22.4. The molecule has 1 unspecified atom stereocenters. The first kappa shape index (κ1) is 20.4. The quantitative estimate of drug-likeness (QED) is 0.190. The standard InChI is InChI=1S/C32H32N/c1-3-4-5-9-18-32(2)29-12-7-6-11-27(29)28-17-15-24(21-30(28)32)23-14-16-26-25(20-23)22-33-19-10-8-13-31(26)33/h6-8,10-17,19-21H,3-5,9,18,22H2,1-2H3/q+1. The fraction of sp³-hybridized carbons (Fsp3) is 0.281. The highest BCUT2D eigenvalue weighted by atomic mass is 15.0. The summed E-state index contributed by atoms with van der Waals surface area (Å²) in [5, 5.41) is 0. The largest absolute Gasteiger partial charge is 0.213 e. The Labute approximate surface area is 197 Å². The van der Waals surface area contributed by atoms with E-state index < -0.39 is 0 Å². The maximum absolute atomic E-state index is 2.49. The molecule has 1 aliphatic heterocycles. The molecule has 33 heavy (non-hydrogen) atoms. The van der Waals surface area contributed by atoms with Gasteiger partial charge in [0.15, 0.2) is 12.7 Å². The van der Waals surface area contributed by atoms with Crippen molar-refractivity contribution in [2.24, 2.45) is 0 Å². The molecule has 3 aromatic carbocycles. The molecule has 1 heteroatoms. The van der Waals surface area contributed by atoms with Crippen molar-refractivity contribution in [3.63, 3.8) is 0 Å². The van der Waals surface area contributed by atoms with Crippen LogP contribution in [0.5, 0.6) is 0 Å². The molecule has 1 aliphatic carbocycles. The third kappa shape index (κ3) is 3.25. The van der Waals surface area contributed by atoms with Crippen LogP contribution in [0.4, 0.5) is 0 Å². The zero-order valence-electron chi connectivity index (χ0n) is 19.8. The minimum absolute atomic E-state index is 0.0957. The van der Waals surface area contributed by atoms with Gasteiger partial charge in [-0.25, -0.2) is 0 Å². The number of aromatic nitrogens is 1. The van der Waals surface area contributed by atoms with Gasteiger partial charge in [-0.3, -0.25) is 0 Å². The molecule has 1 aromatic heterocycles. The van der Waals surface area contributed by atoms with Crippen LogP contribution in [-0.4, -0.2) is 0 Å². The Kier molecular flexibility index (Phi) is 4.94. The van der Waals surface area contributed by atoms with Crippen LogP contribution >= 0.6 is 0 Å². The van der Waals surface area contributed by atoms with E-state index in [-0.39, 0.29) is 5.41 Å². The monoisotopic (exact) mass is 430 g/mol. The second-order valence-electron chi connectivity index (χ2n) is 10.0. The predicted molar refractivity (Wildman–Crippen MR) is 137 cm³/mol. The maximum Gasteiger partial charge on any atom is 0.213 e. The first-order valence-corrected chi connectivity index (χ1v) is 12.6. The lowest BCUT2D eigenvalue weighted by Crippen LogP contribution is -2.31. The lowest BCUT2D eigenvalue weighted by atomic mass is 9.75. The van der Waals surface area contributed by atoms with Gasteiger partial charge in [0.2, 0.25) is 5.69 Å². The second kappa shape index (κ2) is 7.99. The van der Waals surface area contributed by atoms with Crippen molar-refractivity contribution in [2.45, 2.75) is 57.9 Å². The van der Waals surface area contributed by atoms with E-state index in [1.807, 2.05) is 0 Å². The number of fused-ring (bicyclic) bond motifs is 6. The smallest absolute Gasteiger partial charge is 0.194 e. The molecule has 2 heterocycles. The van der Waals surface area contributed by atoms with Gasteiger partial charge in [-0.15, -0.1) is 0 Å². The lowest BCUT2D eigenvalue weighted by Gasteiger charge is -2.28. The molecular formula is C32H32N+. The predicted octanol–water partition coefficient (Wildman–Crippen LogP) is 7.93. The summed E-state index contributed by atoms with van der Waals surface area (Å²) in [7, 11) is 0. The summed E-state index contributed by atoms with van der Waals surface area (Å²) >= 11 is 0. The molecular weight excluding hydrogens is 398 g/mol. The van der Waals surface area contributed by atoms with Crippen LogP contribution in [0.2, 0.25) is 0 Å². The van der Waals surface area contributed by atoms with Crippen LogP contribution in [0.25, 0.3) is 33.5 Å². The molecule has 0 N–H and O–H groups in total. The van der Waals surface area contributed by atoms with Crippen LogP contribution in [0.1, 0.15) is 62.6 Å². The van der Waals surface area contributed by atoms with Crippen LogP contribution in [-0.2, 0) is 12.0 Å². The van der Waals surface area contributed by atoms with Gasteiger partial charge in [0.05, 0.1) is 5.56 Å². The number of rotatable bonds is 6. The fourth-order valence-corrected chi connectivity index (χ4v) is 6.13. The summed E-state index contributed by atoms with van der Waals surface area (Å²) in [4.78, 5) is 0. The van der Waals surface area contributed by atoms with Gasteiger partial charge >= 0.3 is 0 Å². The summed E-state index contributed by atoms with van der Waals surface area (Å²) < 4.78 is 2.35. The van der Waals surface area contributed by atoms with E-state index in [4.69, 9.17) is 0 Å². The highest BCUT2D eigenvalue weighted by Crippen LogP contribution is 2.52. The highest BCUT2D eigenvalue weighted by molar-refractivity contribution is 5.84. The van der Waals surface area contributed by atoms with Crippen LogP contribution in [0.3, 0.4) is 0 Å². The molecule has 4 aromatic rings. The number of hydrogen-bond acceptors (Lipinski definition) is 0. The Balaban J connectivity index is 1.40. The number of benzene rings is 3. The Hall–Kier alpha value is -3.19. The molecule has 0 spiro atoms. The van der Waals surface area contributed by atoms with Gasteiger partial charge in [0, 0.05) is 23.1 Å². The molecule has 0 saturated heterocycles. The van der Waals surface area contributed by atoms with Crippen LogP contribution in [0, 0.1) is 0 Å². The van der Waals surface area contributed by atoms with Gasteiger partial charge in [-0.05, 0) is 64.1 Å². The molecule has 0 radical (unpaired) electrons. The molecule has 1 nitrogen and oxygen atoms in total. The van der Waals surface area contributed by atoms with E-state index >= 15 is 0 Å². The van der Waals surface area contributed by atoms with E-state index in [1.165, 1.54) is 82.3 Å². The Morgan fingerprint density at radius 3 is 2.36 bits per heavy atom. The fourth-order valence-electron chi connectivity index (χ4n) is 6.13. The summed E-state index contributed by atoms with van der Waals surface area (Å²) in [5.74, 6) is 0. The third-order valence-electron chi connectivity index (χ3n) is 7.95. The average Bonchev–Trinajstić information content (AvgIpc) is 3.35. The molecule has 1 atom stereocenters. The molecule has 0 bridgehead atoms. The zero-order valence-corrected chi connectivity index (χ0v) is 19.8. The highest BCUT2D eigenvalue weighted by Gasteiger charge is 2.38. The molecule has 2 aliphatic rings. The minimum atomic E-state index is 0.0957. The van der Waals surface area contributed by atoms with E-state index in [9.17, 15) is 0 Å². The average molecular weight is 431 g/mol. The van der Waals surface area contributed by atoms with E-state index in [0.29, 0.717) is 0 Å². The van der Waals surface area contributed by atoms with Crippen molar-refractivity contribution in [1.29, 1.82) is 0 Å². The van der Waals surface area contributed by atoms with Crippen molar-refractivity contribution in [3.8, 4) is 33.5 Å². The van der Waals surface area contributed by atoms with Gasteiger partial charge in [-0.1, -0.05) is 82.0 Å². The topological polar surface area (TPSA) is 3.88 Å². The first-order chi connectivity index (χ1) is 16.2. The summed E-state index contributed by atoms with van der Waals surface area (Å²) in [6.45, 7) is 5.73. The summed E-state index contributed by atoms with van der Waals surface area (Å²) in [5.41, 5.74) is 12.7. The van der Waals surface area contributed by atoms with Crippen molar-refractivity contribution >= 4 is 0 Å². The molecule has 0 fully saturated rings. The lowest BCUT2D eigenvalue weighted by molar-refractivity contribution is -0.672. The normalized spacial score (nSPS) is 17.4. The second-order valence-corrected chi connectivity index (χ2v) is 10.0. The van der Waals surface area contributed by atoms with E-state index in [0.717, 1.165) is 6.54 Å². The molecule has 0 amide bonds. The van der Waals surface area contributed by atoms with Gasteiger partial charge in [-0.2, -0.15) is 4.57 Å². The van der Waals surface area contributed by atoms with E-state index in [1.54, 1.807) is 0 Å².